The minimum Gasteiger partial charge on any atom is -0.477 e. The van der Waals surface area contributed by atoms with E-state index < -0.39 is 5.97 Å². The van der Waals surface area contributed by atoms with Crippen molar-refractivity contribution in [3.8, 4) is 0 Å². The first-order valence-electron chi connectivity index (χ1n) is 4.93. The topological polar surface area (TPSA) is 37.3 Å². The molecule has 0 saturated heterocycles. The third-order valence-electron chi connectivity index (χ3n) is 2.69. The molecule has 15 heavy (non-hydrogen) atoms. The highest BCUT2D eigenvalue weighted by Crippen LogP contribution is 2.27. The molecule has 78 valence electrons. The van der Waals surface area contributed by atoms with Crippen molar-refractivity contribution in [3.05, 3.63) is 39.8 Å². The van der Waals surface area contributed by atoms with E-state index in [0.29, 0.717) is 0 Å². The molecule has 0 amide bonds. The third kappa shape index (κ3) is 2.07. The van der Waals surface area contributed by atoms with Gasteiger partial charge in [-0.25, -0.2) is 4.79 Å². The molecule has 0 unspecified atom stereocenters. The van der Waals surface area contributed by atoms with Crippen molar-refractivity contribution < 1.29 is 9.90 Å². The van der Waals surface area contributed by atoms with Crippen molar-refractivity contribution in [1.29, 1.82) is 0 Å². The third-order valence-corrected chi connectivity index (χ3v) is 3.01. The second-order valence-corrected chi connectivity index (χ2v) is 4.16. The van der Waals surface area contributed by atoms with Crippen LogP contribution in [0, 0.1) is 0 Å². The summed E-state index contributed by atoms with van der Waals surface area (Å²) >= 11 is 3.94. The van der Waals surface area contributed by atoms with Crippen molar-refractivity contribution in [2.75, 3.05) is 0 Å². The molecule has 1 aromatic carbocycles. The highest BCUT2D eigenvalue weighted by atomic mass is 32.1. The van der Waals surface area contributed by atoms with Gasteiger partial charge < -0.3 is 5.11 Å². The van der Waals surface area contributed by atoms with Crippen LogP contribution in [-0.2, 0) is 17.6 Å². The van der Waals surface area contributed by atoms with Gasteiger partial charge in [0, 0.05) is 0 Å². The minimum absolute atomic E-state index is 0.0929. The number of hydrogen-bond donors (Lipinski definition) is 2. The Kier molecular flexibility index (Phi) is 2.82. The summed E-state index contributed by atoms with van der Waals surface area (Å²) in [5.41, 5.74) is 3.62. The van der Waals surface area contributed by atoms with Crippen LogP contribution in [0.2, 0.25) is 0 Å². The molecule has 0 saturated carbocycles. The Morgan fingerprint density at radius 1 is 1.40 bits per heavy atom. The molecule has 0 heterocycles. The van der Waals surface area contributed by atoms with Gasteiger partial charge in [-0.05, 0) is 42.0 Å². The SMILES string of the molecule is O=C(O)/C(S)=C\c1cccc2c1CCC2. The van der Waals surface area contributed by atoms with Crippen LogP contribution in [0.1, 0.15) is 23.1 Å². The predicted octanol–water partition coefficient (Wildman–Crippen LogP) is 2.53. The zero-order valence-corrected chi connectivity index (χ0v) is 9.13. The van der Waals surface area contributed by atoms with E-state index in [2.05, 4.69) is 18.7 Å². The number of thiol groups is 1. The van der Waals surface area contributed by atoms with Crippen LogP contribution in [-0.4, -0.2) is 11.1 Å². The average molecular weight is 220 g/mol. The van der Waals surface area contributed by atoms with Gasteiger partial charge in [0.05, 0.1) is 4.91 Å². The summed E-state index contributed by atoms with van der Waals surface area (Å²) in [6.07, 6.45) is 4.94. The highest BCUT2D eigenvalue weighted by molar-refractivity contribution is 7.85. The quantitative estimate of drug-likeness (QED) is 0.593. The van der Waals surface area contributed by atoms with E-state index >= 15 is 0 Å². The zero-order chi connectivity index (χ0) is 10.8. The molecule has 3 heteroatoms. The number of rotatable bonds is 2. The molecule has 1 aliphatic rings. The molecular weight excluding hydrogens is 208 g/mol. The molecule has 2 rings (SSSR count). The minimum atomic E-state index is -0.978. The number of fused-ring (bicyclic) bond motifs is 1. The number of aryl methyl sites for hydroxylation is 1. The number of aliphatic carboxylic acids is 1. The first-order valence-corrected chi connectivity index (χ1v) is 5.38. The van der Waals surface area contributed by atoms with E-state index in [0.717, 1.165) is 24.8 Å². The van der Waals surface area contributed by atoms with Gasteiger partial charge in [0.15, 0.2) is 0 Å². The summed E-state index contributed by atoms with van der Waals surface area (Å²) in [5, 5.41) is 8.75. The summed E-state index contributed by atoms with van der Waals surface area (Å²) in [6.45, 7) is 0. The number of carboxylic acids is 1. The maximum absolute atomic E-state index is 10.7. The second kappa shape index (κ2) is 4.11. The summed E-state index contributed by atoms with van der Waals surface area (Å²) in [6, 6.07) is 6.03. The molecule has 2 nitrogen and oxygen atoms in total. The summed E-state index contributed by atoms with van der Waals surface area (Å²) in [4.78, 5) is 10.8. The molecule has 1 N–H and O–H groups in total. The largest absolute Gasteiger partial charge is 0.477 e. The van der Waals surface area contributed by atoms with Gasteiger partial charge in [0.25, 0.3) is 0 Å². The molecular formula is C12H12O2S. The first kappa shape index (κ1) is 10.3. The van der Waals surface area contributed by atoms with Crippen LogP contribution >= 0.6 is 12.6 Å². The van der Waals surface area contributed by atoms with Gasteiger partial charge in [0.2, 0.25) is 0 Å². The number of hydrogen-bond acceptors (Lipinski definition) is 2. The van der Waals surface area contributed by atoms with Crippen LogP contribution in [0.25, 0.3) is 6.08 Å². The fourth-order valence-corrected chi connectivity index (χ4v) is 2.13. The lowest BCUT2D eigenvalue weighted by Crippen LogP contribution is -1.95. The summed E-state index contributed by atoms with van der Waals surface area (Å²) < 4.78 is 0. The molecule has 0 fully saturated rings. The van der Waals surface area contributed by atoms with Crippen molar-refractivity contribution in [2.45, 2.75) is 19.3 Å². The van der Waals surface area contributed by atoms with Crippen molar-refractivity contribution >= 4 is 24.7 Å². The number of carbonyl (C=O) groups is 1. The normalized spacial score (nSPS) is 15.1. The van der Waals surface area contributed by atoms with Gasteiger partial charge in [0.1, 0.15) is 0 Å². The standard InChI is InChI=1S/C12H12O2S/c13-12(14)11(15)7-9-5-1-3-8-4-2-6-10(8)9/h1,3,5,7,15H,2,4,6H2,(H,13,14)/b11-7+. The summed E-state index contributed by atoms with van der Waals surface area (Å²) in [7, 11) is 0. The Morgan fingerprint density at radius 2 is 2.20 bits per heavy atom. The smallest absolute Gasteiger partial charge is 0.341 e. The lowest BCUT2D eigenvalue weighted by molar-refractivity contribution is -0.131. The van der Waals surface area contributed by atoms with Crippen LogP contribution in [0.15, 0.2) is 23.1 Å². The fraction of sp³-hybridized carbons (Fsp3) is 0.250. The van der Waals surface area contributed by atoms with E-state index in [1.807, 2.05) is 12.1 Å². The molecule has 1 aromatic rings. The van der Waals surface area contributed by atoms with Gasteiger partial charge in [-0.15, -0.1) is 12.6 Å². The Hall–Kier alpha value is -1.22. The molecule has 0 spiro atoms. The van der Waals surface area contributed by atoms with Gasteiger partial charge >= 0.3 is 5.97 Å². The highest BCUT2D eigenvalue weighted by Gasteiger charge is 2.13. The van der Waals surface area contributed by atoms with E-state index in [4.69, 9.17) is 5.11 Å². The number of carboxylic acid groups (broad SMARTS) is 1. The Balaban J connectivity index is 2.42. The van der Waals surface area contributed by atoms with Crippen LogP contribution in [0.4, 0.5) is 0 Å². The zero-order valence-electron chi connectivity index (χ0n) is 8.23. The second-order valence-electron chi connectivity index (χ2n) is 3.67. The lowest BCUT2D eigenvalue weighted by Gasteiger charge is -2.03. The van der Waals surface area contributed by atoms with Crippen LogP contribution in [0.5, 0.6) is 0 Å². The van der Waals surface area contributed by atoms with Gasteiger partial charge in [-0.2, -0.15) is 0 Å². The molecule has 0 radical (unpaired) electrons. The van der Waals surface area contributed by atoms with Crippen LogP contribution in [0.3, 0.4) is 0 Å². The molecule has 0 bridgehead atoms. The van der Waals surface area contributed by atoms with E-state index in [-0.39, 0.29) is 4.91 Å². The Morgan fingerprint density at radius 3 is 2.93 bits per heavy atom. The Labute approximate surface area is 94.0 Å². The average Bonchev–Trinajstić information content (AvgIpc) is 2.66. The van der Waals surface area contributed by atoms with E-state index in [9.17, 15) is 4.79 Å². The van der Waals surface area contributed by atoms with E-state index in [1.165, 1.54) is 11.1 Å². The molecule has 0 atom stereocenters. The summed E-state index contributed by atoms with van der Waals surface area (Å²) in [5.74, 6) is -0.978. The monoisotopic (exact) mass is 220 g/mol. The maximum atomic E-state index is 10.7. The Bertz CT molecular complexity index is 435. The number of benzene rings is 1. The maximum Gasteiger partial charge on any atom is 0.341 e. The van der Waals surface area contributed by atoms with Gasteiger partial charge in [-0.1, -0.05) is 18.2 Å². The fourth-order valence-electron chi connectivity index (χ4n) is 1.99. The van der Waals surface area contributed by atoms with Crippen molar-refractivity contribution in [3.63, 3.8) is 0 Å². The molecule has 0 aromatic heterocycles. The predicted molar refractivity (Wildman–Crippen MR) is 63.1 cm³/mol. The van der Waals surface area contributed by atoms with Crippen molar-refractivity contribution in [1.82, 2.24) is 0 Å². The van der Waals surface area contributed by atoms with Gasteiger partial charge in [-0.3, -0.25) is 0 Å². The van der Waals surface area contributed by atoms with Crippen LogP contribution < -0.4 is 0 Å². The van der Waals surface area contributed by atoms with E-state index in [1.54, 1.807) is 6.08 Å². The lowest BCUT2D eigenvalue weighted by atomic mass is 10.0. The first-order chi connectivity index (χ1) is 7.18. The molecule has 0 aliphatic heterocycles. The molecule has 1 aliphatic carbocycles. The van der Waals surface area contributed by atoms with Crippen molar-refractivity contribution in [2.24, 2.45) is 0 Å².